The number of nitrogens with zero attached hydrogens (tertiary/aromatic N) is 1. The maximum Gasteiger partial charge on any atom is 0.126 e. The van der Waals surface area contributed by atoms with Crippen molar-refractivity contribution in [1.29, 1.82) is 5.41 Å². The molecule has 1 atom stereocenters. The number of halogens is 1. The van der Waals surface area contributed by atoms with Gasteiger partial charge in [0, 0.05) is 18.8 Å². The quantitative estimate of drug-likeness (QED) is 0.637. The average molecular weight is 266 g/mol. The number of benzene rings is 1. The molecule has 1 unspecified atom stereocenters. The van der Waals surface area contributed by atoms with Crippen molar-refractivity contribution >= 4 is 23.1 Å². The van der Waals surface area contributed by atoms with Gasteiger partial charge >= 0.3 is 0 Å². The molecule has 0 spiro atoms. The standard InChI is InChI=1S/C14H20ClN3/c1-10-4-3-8-18(9-7-10)12-6-2-5-11(15)13(12)14(16)17/h2,5-6,10H,3-4,7-9H2,1H3,(H3,16,17). The Bertz CT molecular complexity index is 445. The zero-order chi connectivity index (χ0) is 13.1. The lowest BCUT2D eigenvalue weighted by Gasteiger charge is -2.25. The molecule has 1 heterocycles. The van der Waals surface area contributed by atoms with E-state index < -0.39 is 0 Å². The molecule has 18 heavy (non-hydrogen) atoms. The molecule has 1 aromatic rings. The minimum absolute atomic E-state index is 0.0490. The summed E-state index contributed by atoms with van der Waals surface area (Å²) >= 11 is 6.17. The minimum Gasteiger partial charge on any atom is -0.384 e. The third-order valence-electron chi connectivity index (χ3n) is 3.62. The maximum absolute atomic E-state index is 7.70. The third-order valence-corrected chi connectivity index (χ3v) is 3.93. The van der Waals surface area contributed by atoms with E-state index in [1.54, 1.807) is 6.07 Å². The highest BCUT2D eigenvalue weighted by atomic mass is 35.5. The van der Waals surface area contributed by atoms with Gasteiger partial charge in [0.1, 0.15) is 5.84 Å². The molecule has 1 saturated heterocycles. The summed E-state index contributed by atoms with van der Waals surface area (Å²) in [6.07, 6.45) is 3.64. The first-order chi connectivity index (χ1) is 8.59. The van der Waals surface area contributed by atoms with Crippen LogP contribution < -0.4 is 10.6 Å². The van der Waals surface area contributed by atoms with Crippen molar-refractivity contribution in [1.82, 2.24) is 0 Å². The summed E-state index contributed by atoms with van der Waals surface area (Å²) < 4.78 is 0. The lowest BCUT2D eigenvalue weighted by molar-refractivity contribution is 0.521. The Hall–Kier alpha value is -1.22. The Kier molecular flexibility index (Phi) is 4.12. The lowest BCUT2D eigenvalue weighted by Crippen LogP contribution is -2.27. The van der Waals surface area contributed by atoms with E-state index >= 15 is 0 Å². The number of amidine groups is 1. The van der Waals surface area contributed by atoms with Crippen molar-refractivity contribution < 1.29 is 0 Å². The molecular formula is C14H20ClN3. The van der Waals surface area contributed by atoms with E-state index in [9.17, 15) is 0 Å². The molecule has 2 rings (SSSR count). The lowest BCUT2D eigenvalue weighted by atomic mass is 10.0. The highest BCUT2D eigenvalue weighted by molar-refractivity contribution is 6.34. The van der Waals surface area contributed by atoms with Crippen LogP contribution in [-0.2, 0) is 0 Å². The molecular weight excluding hydrogens is 246 g/mol. The zero-order valence-corrected chi connectivity index (χ0v) is 11.5. The van der Waals surface area contributed by atoms with Gasteiger partial charge in [-0.3, -0.25) is 5.41 Å². The summed E-state index contributed by atoms with van der Waals surface area (Å²) in [7, 11) is 0. The van der Waals surface area contributed by atoms with Crippen molar-refractivity contribution in [3.8, 4) is 0 Å². The summed E-state index contributed by atoms with van der Waals surface area (Å²) in [5.74, 6) is 0.822. The van der Waals surface area contributed by atoms with Crippen molar-refractivity contribution in [3.63, 3.8) is 0 Å². The van der Waals surface area contributed by atoms with E-state index in [0.29, 0.717) is 10.6 Å². The second-order valence-corrected chi connectivity index (χ2v) is 5.48. The molecule has 3 nitrogen and oxygen atoms in total. The van der Waals surface area contributed by atoms with Crippen molar-refractivity contribution in [2.24, 2.45) is 11.7 Å². The second kappa shape index (κ2) is 5.61. The molecule has 0 radical (unpaired) electrons. The number of nitrogen functional groups attached to an aromatic ring is 1. The molecule has 0 aliphatic carbocycles. The fourth-order valence-corrected chi connectivity index (χ4v) is 2.82. The third kappa shape index (κ3) is 2.78. The highest BCUT2D eigenvalue weighted by Crippen LogP contribution is 2.29. The van der Waals surface area contributed by atoms with Crippen LogP contribution in [0, 0.1) is 11.3 Å². The van der Waals surface area contributed by atoms with E-state index in [1.807, 2.05) is 12.1 Å². The topological polar surface area (TPSA) is 53.1 Å². The number of anilines is 1. The van der Waals surface area contributed by atoms with Gasteiger partial charge in [-0.2, -0.15) is 0 Å². The zero-order valence-electron chi connectivity index (χ0n) is 10.7. The Labute approximate surface area is 113 Å². The molecule has 3 N–H and O–H groups in total. The van der Waals surface area contributed by atoms with Crippen LogP contribution in [0.25, 0.3) is 0 Å². The first kappa shape index (κ1) is 13.2. The Morgan fingerprint density at radius 2 is 2.17 bits per heavy atom. The summed E-state index contributed by atoms with van der Waals surface area (Å²) in [5.41, 5.74) is 7.34. The highest BCUT2D eigenvalue weighted by Gasteiger charge is 2.19. The van der Waals surface area contributed by atoms with Gasteiger partial charge in [0.25, 0.3) is 0 Å². The Balaban J connectivity index is 2.32. The maximum atomic E-state index is 7.70. The van der Waals surface area contributed by atoms with Gasteiger partial charge < -0.3 is 10.6 Å². The van der Waals surface area contributed by atoms with E-state index in [1.165, 1.54) is 19.3 Å². The molecule has 1 fully saturated rings. The molecule has 98 valence electrons. The largest absolute Gasteiger partial charge is 0.384 e. The van der Waals surface area contributed by atoms with Gasteiger partial charge in [0.2, 0.25) is 0 Å². The number of nitrogens with one attached hydrogen (secondary N) is 1. The van der Waals surface area contributed by atoms with Gasteiger partial charge in [-0.1, -0.05) is 24.6 Å². The first-order valence-corrected chi connectivity index (χ1v) is 6.85. The SMILES string of the molecule is CC1CCCN(c2cccc(Cl)c2C(=N)N)CC1. The predicted molar refractivity (Wildman–Crippen MR) is 77.7 cm³/mol. The number of hydrogen-bond acceptors (Lipinski definition) is 2. The Morgan fingerprint density at radius 3 is 2.89 bits per heavy atom. The van der Waals surface area contributed by atoms with Gasteiger partial charge in [0.05, 0.1) is 10.6 Å². The molecule has 0 amide bonds. The van der Waals surface area contributed by atoms with Gasteiger partial charge in [-0.05, 0) is 37.3 Å². The molecule has 0 saturated carbocycles. The predicted octanol–water partition coefficient (Wildman–Crippen LogP) is 3.25. The monoisotopic (exact) mass is 265 g/mol. The molecule has 1 aromatic carbocycles. The van der Waals surface area contributed by atoms with E-state index in [0.717, 1.165) is 24.7 Å². The molecule has 1 aliphatic heterocycles. The van der Waals surface area contributed by atoms with Crippen LogP contribution >= 0.6 is 11.6 Å². The average Bonchev–Trinajstić information content (AvgIpc) is 2.53. The summed E-state index contributed by atoms with van der Waals surface area (Å²) in [4.78, 5) is 2.31. The van der Waals surface area contributed by atoms with Gasteiger partial charge in [0.15, 0.2) is 0 Å². The van der Waals surface area contributed by atoms with Crippen LogP contribution in [-0.4, -0.2) is 18.9 Å². The molecule has 0 aromatic heterocycles. The van der Waals surface area contributed by atoms with Crippen LogP contribution in [0.2, 0.25) is 5.02 Å². The van der Waals surface area contributed by atoms with Gasteiger partial charge in [-0.15, -0.1) is 0 Å². The second-order valence-electron chi connectivity index (χ2n) is 5.07. The summed E-state index contributed by atoms with van der Waals surface area (Å²) in [5, 5.41) is 8.26. The van der Waals surface area contributed by atoms with E-state index in [4.69, 9.17) is 22.7 Å². The van der Waals surface area contributed by atoms with Crippen LogP contribution in [0.3, 0.4) is 0 Å². The summed E-state index contributed by atoms with van der Waals surface area (Å²) in [6, 6.07) is 5.74. The molecule has 1 aliphatic rings. The number of hydrogen-bond donors (Lipinski definition) is 2. The summed E-state index contributed by atoms with van der Waals surface area (Å²) in [6.45, 7) is 4.33. The molecule has 0 bridgehead atoms. The fraction of sp³-hybridized carbons (Fsp3) is 0.500. The van der Waals surface area contributed by atoms with Crippen molar-refractivity contribution in [2.45, 2.75) is 26.2 Å². The Morgan fingerprint density at radius 1 is 1.39 bits per heavy atom. The van der Waals surface area contributed by atoms with Crippen molar-refractivity contribution in [3.05, 3.63) is 28.8 Å². The first-order valence-electron chi connectivity index (χ1n) is 6.47. The van der Waals surface area contributed by atoms with Crippen LogP contribution in [0.15, 0.2) is 18.2 Å². The number of nitrogens with two attached hydrogens (primary N) is 1. The van der Waals surface area contributed by atoms with Crippen LogP contribution in [0.5, 0.6) is 0 Å². The number of rotatable bonds is 2. The van der Waals surface area contributed by atoms with Crippen molar-refractivity contribution in [2.75, 3.05) is 18.0 Å². The van der Waals surface area contributed by atoms with Gasteiger partial charge in [-0.25, -0.2) is 0 Å². The van der Waals surface area contributed by atoms with Crippen LogP contribution in [0.4, 0.5) is 5.69 Å². The molecule has 4 heteroatoms. The fourth-order valence-electron chi connectivity index (χ4n) is 2.55. The van der Waals surface area contributed by atoms with E-state index in [-0.39, 0.29) is 5.84 Å². The van der Waals surface area contributed by atoms with E-state index in [2.05, 4.69) is 11.8 Å². The van der Waals surface area contributed by atoms with Crippen LogP contribution in [0.1, 0.15) is 31.7 Å². The minimum atomic E-state index is 0.0490. The normalized spacial score (nSPS) is 20.6. The smallest absolute Gasteiger partial charge is 0.126 e.